The molecule has 0 aromatic heterocycles. The fraction of sp³-hybridized carbons (Fsp3) is 0.429. The molecule has 1 heterocycles. The first kappa shape index (κ1) is 8.88. The Morgan fingerprint density at radius 3 is 2.30 bits per heavy atom. The third kappa shape index (κ3) is 2.01. The lowest BCUT2D eigenvalue weighted by molar-refractivity contribution is -0.125. The van der Waals surface area contributed by atoms with Crippen molar-refractivity contribution in [1.82, 2.24) is 4.90 Å². The van der Waals surface area contributed by atoms with Crippen LogP contribution in [0.3, 0.4) is 0 Å². The van der Waals surface area contributed by atoms with Crippen molar-refractivity contribution in [2.24, 2.45) is 0 Å². The highest BCUT2D eigenvalue weighted by molar-refractivity contribution is 5.78. The number of rotatable bonds is 1. The summed E-state index contributed by atoms with van der Waals surface area (Å²) in [6.07, 6.45) is 3.28. The molecule has 56 valence electrons. The van der Waals surface area contributed by atoms with Gasteiger partial charge in [-0.1, -0.05) is 6.58 Å². The number of likely N-dealkylation sites (tertiary alicyclic amines) is 1. The Kier molecular flexibility index (Phi) is 4.20. The Bertz CT molecular complexity index is 134. The molecule has 3 nitrogen and oxygen atoms in total. The van der Waals surface area contributed by atoms with Gasteiger partial charge in [-0.3, -0.25) is 4.79 Å². The maximum atomic E-state index is 10.7. The van der Waals surface area contributed by atoms with E-state index in [2.05, 4.69) is 6.58 Å². The van der Waals surface area contributed by atoms with Crippen molar-refractivity contribution >= 4 is 12.7 Å². The maximum Gasteiger partial charge on any atom is 0.226 e. The van der Waals surface area contributed by atoms with E-state index >= 15 is 0 Å². The van der Waals surface area contributed by atoms with Gasteiger partial charge in [0.25, 0.3) is 0 Å². The second-order valence-corrected chi connectivity index (χ2v) is 1.87. The molecule has 0 atom stereocenters. The monoisotopic (exact) mass is 141 g/mol. The van der Waals surface area contributed by atoms with Crippen LogP contribution >= 0.6 is 0 Å². The largest absolute Gasteiger partial charge is 0.320 e. The van der Waals surface area contributed by atoms with Crippen LogP contribution in [0.4, 0.5) is 0 Å². The summed E-state index contributed by atoms with van der Waals surface area (Å²) < 4.78 is 0. The summed E-state index contributed by atoms with van der Waals surface area (Å²) in [5.74, 6) is 0.208. The van der Waals surface area contributed by atoms with E-state index in [-0.39, 0.29) is 5.91 Å². The molecule has 0 spiro atoms. The predicted octanol–water partition coefficient (Wildman–Crippen LogP) is 0.567. The molecule has 10 heavy (non-hydrogen) atoms. The molecule has 1 aliphatic rings. The molecule has 3 heteroatoms. The number of amides is 1. The Morgan fingerprint density at radius 1 is 1.50 bits per heavy atom. The highest BCUT2D eigenvalue weighted by Gasteiger charge is 2.15. The zero-order chi connectivity index (χ0) is 7.98. The van der Waals surface area contributed by atoms with E-state index < -0.39 is 0 Å². The van der Waals surface area contributed by atoms with Crippen molar-refractivity contribution in [3.05, 3.63) is 12.8 Å². The van der Waals surface area contributed by atoms with Gasteiger partial charge in [-0.25, -0.2) is 0 Å². The van der Waals surface area contributed by atoms with Crippen molar-refractivity contribution in [2.75, 3.05) is 6.54 Å². The Balaban J connectivity index is 0.000000371. The first-order chi connectivity index (χ1) is 4.84. The SMILES string of the molecule is C=CN1CCCC1=O.C=O. The van der Waals surface area contributed by atoms with Crippen LogP contribution < -0.4 is 0 Å². The van der Waals surface area contributed by atoms with Gasteiger partial charge in [-0.15, -0.1) is 0 Å². The van der Waals surface area contributed by atoms with Gasteiger partial charge in [0, 0.05) is 13.0 Å². The van der Waals surface area contributed by atoms with Crippen molar-refractivity contribution in [3.8, 4) is 0 Å². The minimum atomic E-state index is 0.208. The molecule has 0 radical (unpaired) electrons. The molecule has 1 amide bonds. The third-order valence-corrected chi connectivity index (χ3v) is 1.33. The van der Waals surface area contributed by atoms with E-state index in [1.54, 1.807) is 11.1 Å². The average molecular weight is 141 g/mol. The van der Waals surface area contributed by atoms with Crippen LogP contribution in [0, 0.1) is 0 Å². The number of hydrogen-bond donors (Lipinski definition) is 0. The molecule has 1 aliphatic heterocycles. The topological polar surface area (TPSA) is 37.4 Å². The molecule has 0 aromatic carbocycles. The molecular weight excluding hydrogens is 130 g/mol. The summed E-state index contributed by atoms with van der Waals surface area (Å²) in [5.41, 5.74) is 0. The second-order valence-electron chi connectivity index (χ2n) is 1.87. The molecule has 1 saturated heterocycles. The maximum absolute atomic E-state index is 10.7. The van der Waals surface area contributed by atoms with Crippen LogP contribution in [0.2, 0.25) is 0 Å². The summed E-state index contributed by atoms with van der Waals surface area (Å²) in [7, 11) is 0. The Morgan fingerprint density at radius 2 is 2.10 bits per heavy atom. The number of carbonyl (C=O) groups is 2. The fourth-order valence-corrected chi connectivity index (χ4v) is 0.862. The number of carbonyl (C=O) groups excluding carboxylic acids is 2. The highest BCUT2D eigenvalue weighted by Crippen LogP contribution is 2.08. The van der Waals surface area contributed by atoms with E-state index in [9.17, 15) is 4.79 Å². The van der Waals surface area contributed by atoms with E-state index in [1.807, 2.05) is 6.79 Å². The van der Waals surface area contributed by atoms with Crippen LogP contribution in [0.15, 0.2) is 12.8 Å². The zero-order valence-electron chi connectivity index (χ0n) is 5.88. The zero-order valence-corrected chi connectivity index (χ0v) is 5.88. The highest BCUT2D eigenvalue weighted by atomic mass is 16.2. The molecule has 0 aromatic rings. The molecule has 1 fully saturated rings. The van der Waals surface area contributed by atoms with Crippen LogP contribution in [0.1, 0.15) is 12.8 Å². The quantitative estimate of drug-likeness (QED) is 0.535. The molecule has 0 saturated carbocycles. The minimum absolute atomic E-state index is 0.208. The lowest BCUT2D eigenvalue weighted by Gasteiger charge is -2.05. The van der Waals surface area contributed by atoms with Crippen molar-refractivity contribution in [3.63, 3.8) is 0 Å². The van der Waals surface area contributed by atoms with Crippen molar-refractivity contribution < 1.29 is 9.59 Å². The molecule has 1 rings (SSSR count). The smallest absolute Gasteiger partial charge is 0.226 e. The third-order valence-electron chi connectivity index (χ3n) is 1.33. The van der Waals surface area contributed by atoms with Gasteiger partial charge in [-0.2, -0.15) is 0 Å². The summed E-state index contributed by atoms with van der Waals surface area (Å²) in [5, 5.41) is 0. The van der Waals surface area contributed by atoms with Crippen molar-refractivity contribution in [2.45, 2.75) is 12.8 Å². The van der Waals surface area contributed by atoms with E-state index in [0.29, 0.717) is 6.42 Å². The van der Waals surface area contributed by atoms with Crippen LogP contribution in [-0.4, -0.2) is 24.1 Å². The van der Waals surface area contributed by atoms with Crippen LogP contribution in [-0.2, 0) is 9.59 Å². The second kappa shape index (κ2) is 4.73. The van der Waals surface area contributed by atoms with Gasteiger partial charge >= 0.3 is 0 Å². The molecule has 0 unspecified atom stereocenters. The average Bonchev–Trinajstić information content (AvgIpc) is 2.39. The lowest BCUT2D eigenvalue weighted by Crippen LogP contribution is -2.16. The first-order valence-corrected chi connectivity index (χ1v) is 3.05. The Hall–Kier alpha value is -1.12. The summed E-state index contributed by atoms with van der Waals surface area (Å²) >= 11 is 0. The summed E-state index contributed by atoms with van der Waals surface area (Å²) in [6.45, 7) is 6.36. The van der Waals surface area contributed by atoms with Gasteiger partial charge in [0.15, 0.2) is 0 Å². The molecule has 0 aliphatic carbocycles. The minimum Gasteiger partial charge on any atom is -0.320 e. The predicted molar refractivity (Wildman–Crippen MR) is 38.3 cm³/mol. The standard InChI is InChI=1S/C6H9NO.CH2O/c1-2-7-5-3-4-6(7)8;1-2/h2H,1,3-5H2;1H2. The molecule has 0 bridgehead atoms. The molecule has 0 N–H and O–H groups in total. The lowest BCUT2D eigenvalue weighted by atomic mass is 10.4. The first-order valence-electron chi connectivity index (χ1n) is 3.05. The van der Waals surface area contributed by atoms with Gasteiger partial charge in [0.05, 0.1) is 0 Å². The van der Waals surface area contributed by atoms with Gasteiger partial charge in [0.2, 0.25) is 5.91 Å². The molecular formula is C7H11NO2. The van der Waals surface area contributed by atoms with E-state index in [0.717, 1.165) is 13.0 Å². The van der Waals surface area contributed by atoms with Crippen LogP contribution in [0.5, 0.6) is 0 Å². The van der Waals surface area contributed by atoms with Crippen molar-refractivity contribution in [1.29, 1.82) is 0 Å². The number of nitrogens with zero attached hydrogens (tertiary/aromatic N) is 1. The van der Waals surface area contributed by atoms with E-state index in [1.165, 1.54) is 0 Å². The van der Waals surface area contributed by atoms with E-state index in [4.69, 9.17) is 4.79 Å². The van der Waals surface area contributed by atoms with Gasteiger partial charge in [0.1, 0.15) is 6.79 Å². The fourth-order valence-electron chi connectivity index (χ4n) is 0.862. The normalized spacial score (nSPS) is 16.0. The summed E-state index contributed by atoms with van der Waals surface area (Å²) in [6, 6.07) is 0. The number of hydrogen-bond acceptors (Lipinski definition) is 2. The van der Waals surface area contributed by atoms with Gasteiger partial charge < -0.3 is 9.69 Å². The van der Waals surface area contributed by atoms with Gasteiger partial charge in [-0.05, 0) is 12.6 Å². The Labute approximate surface area is 60.3 Å². The summed E-state index contributed by atoms with van der Waals surface area (Å²) in [4.78, 5) is 20.3. The van der Waals surface area contributed by atoms with Crippen LogP contribution in [0.25, 0.3) is 0 Å².